The number of nitrogens with zero attached hydrogens (tertiary/aromatic N) is 3. The summed E-state index contributed by atoms with van der Waals surface area (Å²) in [5.41, 5.74) is 1.37. The largest absolute Gasteiger partial charge is 0.334 e. The minimum absolute atomic E-state index is 0.466. The maximum absolute atomic E-state index is 8.81. The summed E-state index contributed by atoms with van der Waals surface area (Å²) in [7, 11) is 0. The molecule has 0 fully saturated rings. The highest BCUT2D eigenvalue weighted by molar-refractivity contribution is 7.98. The molecule has 0 saturated heterocycles. The van der Waals surface area contributed by atoms with Gasteiger partial charge >= 0.3 is 0 Å². The van der Waals surface area contributed by atoms with Gasteiger partial charge in [0.1, 0.15) is 0 Å². The smallest absolute Gasteiger partial charge is 0.257 e. The van der Waals surface area contributed by atoms with Crippen LogP contribution in [0.15, 0.2) is 28.8 Å². The van der Waals surface area contributed by atoms with Crippen molar-refractivity contribution in [1.29, 1.82) is 5.26 Å². The van der Waals surface area contributed by atoms with Gasteiger partial charge in [0.05, 0.1) is 17.4 Å². The topological polar surface area (TPSA) is 62.7 Å². The van der Waals surface area contributed by atoms with E-state index in [1.165, 1.54) is 0 Å². The molecule has 0 aliphatic rings. The van der Waals surface area contributed by atoms with E-state index in [2.05, 4.69) is 23.1 Å². The SMILES string of the molecule is CCSCc1noc(-c2cccc(C#N)c2)n1. The highest BCUT2D eigenvalue weighted by atomic mass is 32.2. The molecule has 0 radical (unpaired) electrons. The van der Waals surface area contributed by atoms with Crippen LogP contribution in [0.25, 0.3) is 11.5 Å². The van der Waals surface area contributed by atoms with Gasteiger partial charge in [-0.25, -0.2) is 0 Å². The highest BCUT2D eigenvalue weighted by Crippen LogP contribution is 2.19. The van der Waals surface area contributed by atoms with Gasteiger partial charge < -0.3 is 4.52 Å². The summed E-state index contributed by atoms with van der Waals surface area (Å²) in [6.07, 6.45) is 0. The molecule has 0 unspecified atom stereocenters. The van der Waals surface area contributed by atoms with Crippen LogP contribution in [-0.2, 0) is 5.75 Å². The van der Waals surface area contributed by atoms with Gasteiger partial charge in [-0.2, -0.15) is 22.0 Å². The minimum Gasteiger partial charge on any atom is -0.334 e. The Morgan fingerprint density at radius 3 is 3.12 bits per heavy atom. The lowest BCUT2D eigenvalue weighted by molar-refractivity contribution is 0.425. The summed E-state index contributed by atoms with van der Waals surface area (Å²) < 4.78 is 5.16. The monoisotopic (exact) mass is 245 g/mol. The van der Waals surface area contributed by atoms with E-state index < -0.39 is 0 Å². The number of hydrogen-bond donors (Lipinski definition) is 0. The number of hydrogen-bond acceptors (Lipinski definition) is 5. The Hall–Kier alpha value is -1.80. The summed E-state index contributed by atoms with van der Waals surface area (Å²) in [5, 5.41) is 12.7. The van der Waals surface area contributed by atoms with E-state index in [4.69, 9.17) is 9.78 Å². The number of aromatic nitrogens is 2. The average molecular weight is 245 g/mol. The van der Waals surface area contributed by atoms with Gasteiger partial charge in [0.15, 0.2) is 5.82 Å². The fourth-order valence-electron chi connectivity index (χ4n) is 1.34. The first-order valence-corrected chi connectivity index (χ1v) is 6.40. The molecule has 0 atom stereocenters. The first-order valence-electron chi connectivity index (χ1n) is 5.24. The van der Waals surface area contributed by atoms with Crippen LogP contribution in [0.2, 0.25) is 0 Å². The molecule has 1 aromatic carbocycles. The first-order chi connectivity index (χ1) is 8.33. The summed E-state index contributed by atoms with van der Waals surface area (Å²) in [6.45, 7) is 2.09. The van der Waals surface area contributed by atoms with Crippen LogP contribution >= 0.6 is 11.8 Å². The standard InChI is InChI=1S/C12H11N3OS/c1-2-17-8-11-14-12(16-15-11)10-5-3-4-9(6-10)7-13/h3-6H,2,8H2,1H3. The second-order valence-electron chi connectivity index (χ2n) is 3.35. The summed E-state index contributed by atoms with van der Waals surface area (Å²) in [4.78, 5) is 4.29. The number of rotatable bonds is 4. The fourth-order valence-corrected chi connectivity index (χ4v) is 1.85. The maximum Gasteiger partial charge on any atom is 0.257 e. The molecule has 0 bridgehead atoms. The zero-order valence-corrected chi connectivity index (χ0v) is 10.2. The molecule has 5 heteroatoms. The summed E-state index contributed by atoms with van der Waals surface area (Å²) in [5.74, 6) is 2.93. The average Bonchev–Trinajstić information content (AvgIpc) is 2.85. The molecule has 0 aliphatic carbocycles. The van der Waals surface area contributed by atoms with Gasteiger partial charge in [-0.15, -0.1) is 0 Å². The molecular formula is C12H11N3OS. The molecule has 0 aliphatic heterocycles. The van der Waals surface area contributed by atoms with E-state index in [-0.39, 0.29) is 0 Å². The van der Waals surface area contributed by atoms with Gasteiger partial charge in [0, 0.05) is 5.56 Å². The van der Waals surface area contributed by atoms with E-state index >= 15 is 0 Å². The van der Waals surface area contributed by atoms with Crippen molar-refractivity contribution in [3.63, 3.8) is 0 Å². The van der Waals surface area contributed by atoms with Crippen LogP contribution in [0.1, 0.15) is 18.3 Å². The fraction of sp³-hybridized carbons (Fsp3) is 0.250. The molecule has 4 nitrogen and oxygen atoms in total. The van der Waals surface area contributed by atoms with Crippen molar-refractivity contribution in [2.45, 2.75) is 12.7 Å². The van der Waals surface area contributed by atoms with Crippen molar-refractivity contribution in [2.75, 3.05) is 5.75 Å². The molecule has 0 amide bonds. The van der Waals surface area contributed by atoms with Crippen molar-refractivity contribution in [3.8, 4) is 17.5 Å². The van der Waals surface area contributed by atoms with Crippen molar-refractivity contribution >= 4 is 11.8 Å². The molecule has 86 valence electrons. The van der Waals surface area contributed by atoms with E-state index in [9.17, 15) is 0 Å². The van der Waals surface area contributed by atoms with Crippen LogP contribution < -0.4 is 0 Å². The van der Waals surface area contributed by atoms with Crippen LogP contribution in [-0.4, -0.2) is 15.9 Å². The Bertz CT molecular complexity index is 545. The van der Waals surface area contributed by atoms with Crippen LogP contribution in [0.5, 0.6) is 0 Å². The molecule has 2 rings (SSSR count). The van der Waals surface area contributed by atoms with E-state index in [1.807, 2.05) is 6.07 Å². The minimum atomic E-state index is 0.466. The molecule has 0 N–H and O–H groups in total. The third-order valence-electron chi connectivity index (χ3n) is 2.14. The van der Waals surface area contributed by atoms with E-state index in [0.717, 1.165) is 17.1 Å². The Morgan fingerprint density at radius 1 is 1.47 bits per heavy atom. The van der Waals surface area contributed by atoms with Crippen LogP contribution in [0.4, 0.5) is 0 Å². The van der Waals surface area contributed by atoms with E-state index in [1.54, 1.807) is 30.0 Å². The Morgan fingerprint density at radius 2 is 2.35 bits per heavy atom. The Kier molecular flexibility index (Phi) is 3.78. The Balaban J connectivity index is 2.21. The van der Waals surface area contributed by atoms with Crippen molar-refractivity contribution in [3.05, 3.63) is 35.7 Å². The lowest BCUT2D eigenvalue weighted by atomic mass is 10.1. The van der Waals surface area contributed by atoms with Gasteiger partial charge in [0.2, 0.25) is 0 Å². The molecule has 1 aromatic heterocycles. The molecular weight excluding hydrogens is 234 g/mol. The normalized spacial score (nSPS) is 10.1. The predicted molar refractivity (Wildman–Crippen MR) is 66.3 cm³/mol. The number of thioether (sulfide) groups is 1. The second-order valence-corrected chi connectivity index (χ2v) is 4.62. The van der Waals surface area contributed by atoms with Crippen molar-refractivity contribution < 1.29 is 4.52 Å². The lowest BCUT2D eigenvalue weighted by Crippen LogP contribution is -1.84. The number of benzene rings is 1. The molecule has 17 heavy (non-hydrogen) atoms. The molecule has 1 heterocycles. The molecule has 2 aromatic rings. The van der Waals surface area contributed by atoms with Gasteiger partial charge in [-0.05, 0) is 24.0 Å². The third kappa shape index (κ3) is 2.86. The zero-order valence-electron chi connectivity index (χ0n) is 9.38. The highest BCUT2D eigenvalue weighted by Gasteiger charge is 2.08. The predicted octanol–water partition coefficient (Wildman–Crippen LogP) is 2.86. The summed E-state index contributed by atoms with van der Waals surface area (Å²) >= 11 is 1.74. The molecule has 0 saturated carbocycles. The van der Waals surface area contributed by atoms with Gasteiger partial charge in [0.25, 0.3) is 5.89 Å². The summed E-state index contributed by atoms with van der Waals surface area (Å²) in [6, 6.07) is 9.22. The molecule has 0 spiro atoms. The zero-order chi connectivity index (χ0) is 12.1. The van der Waals surface area contributed by atoms with Crippen LogP contribution in [0, 0.1) is 11.3 Å². The van der Waals surface area contributed by atoms with Crippen molar-refractivity contribution in [2.24, 2.45) is 0 Å². The van der Waals surface area contributed by atoms with Gasteiger partial charge in [-0.1, -0.05) is 18.1 Å². The quantitative estimate of drug-likeness (QED) is 0.828. The van der Waals surface area contributed by atoms with Crippen molar-refractivity contribution in [1.82, 2.24) is 10.1 Å². The lowest BCUT2D eigenvalue weighted by Gasteiger charge is -1.93. The van der Waals surface area contributed by atoms with Gasteiger partial charge in [-0.3, -0.25) is 0 Å². The third-order valence-corrected chi connectivity index (χ3v) is 3.01. The first kappa shape index (κ1) is 11.7. The van der Waals surface area contributed by atoms with E-state index in [0.29, 0.717) is 17.3 Å². The van der Waals surface area contributed by atoms with Crippen LogP contribution in [0.3, 0.4) is 0 Å². The second kappa shape index (κ2) is 5.51. The maximum atomic E-state index is 8.81. The Labute approximate surface area is 104 Å². The number of nitriles is 1.